The monoisotopic (exact) mass is 969 g/mol. The maximum atomic E-state index is 14.0. The third kappa shape index (κ3) is 24.6. The van der Waals surface area contributed by atoms with Gasteiger partial charge in [0.1, 0.15) is 42.3 Å². The van der Waals surface area contributed by atoms with Gasteiger partial charge in [-0.25, -0.2) is 4.79 Å². The average Bonchev–Trinajstić information content (AvgIpc) is 3.22. The average molecular weight is 969 g/mol. The van der Waals surface area contributed by atoms with Crippen LogP contribution >= 0.6 is 0 Å². The van der Waals surface area contributed by atoms with E-state index in [9.17, 15) is 58.2 Å². The molecule has 68 heavy (non-hydrogen) atoms. The van der Waals surface area contributed by atoms with Gasteiger partial charge in [-0.3, -0.25) is 48.1 Å². The van der Waals surface area contributed by atoms with Crippen molar-refractivity contribution in [1.82, 2.24) is 42.5 Å². The zero-order chi connectivity index (χ0) is 52.6. The van der Waals surface area contributed by atoms with Crippen LogP contribution in [0.1, 0.15) is 121 Å². The van der Waals surface area contributed by atoms with E-state index in [1.54, 1.807) is 41.5 Å². The first kappa shape index (κ1) is 61.9. The number of guanidine groups is 1. The Balaban J connectivity index is 6.26. The van der Waals surface area contributed by atoms with Gasteiger partial charge in [-0.1, -0.05) is 75.7 Å². The Hall–Kier alpha value is -6.07. The van der Waals surface area contributed by atoms with E-state index in [0.717, 1.165) is 0 Å². The number of rotatable bonds is 32. The zero-order valence-corrected chi connectivity index (χ0v) is 41.5. The number of carbonyl (C=O) groups is 10. The molecule has 0 aromatic heterocycles. The van der Waals surface area contributed by atoms with Crippen molar-refractivity contribution in [2.45, 2.75) is 169 Å². The number of nitrogens with zero attached hydrogens (tertiary/aromatic N) is 1. The van der Waals surface area contributed by atoms with E-state index >= 15 is 0 Å². The SMILES string of the molecule is CC[C@H](C)[C@H](N)C(=O)N[C@@H](CC(C)C)C(=O)N[C@@H](CC(C)C)C(=O)N[C@@H](CCCN=C(N)N)C(=O)N[C@@H](CC(=O)O)C(=O)N[C@@H](C)C(=O)NCC(=O)N[C@@H](CC(C)C)C(=O)N[C@H](C(=O)O)C(C)C. The molecule has 0 saturated carbocycles. The highest BCUT2D eigenvalue weighted by Crippen LogP contribution is 2.13. The van der Waals surface area contributed by atoms with Crippen LogP contribution in [0.2, 0.25) is 0 Å². The maximum Gasteiger partial charge on any atom is 0.326 e. The highest BCUT2D eigenvalue weighted by Gasteiger charge is 2.35. The molecule has 0 aromatic rings. The molecule has 0 aliphatic heterocycles. The molecule has 0 saturated heterocycles. The topological polar surface area (TPSA) is 398 Å². The summed E-state index contributed by atoms with van der Waals surface area (Å²) in [5.41, 5.74) is 17.0. The number of amides is 8. The first-order valence-corrected chi connectivity index (χ1v) is 23.2. The Morgan fingerprint density at radius 1 is 0.544 bits per heavy atom. The predicted octanol–water partition coefficient (Wildman–Crippen LogP) is -1.70. The molecule has 0 bridgehead atoms. The van der Waals surface area contributed by atoms with Crippen molar-refractivity contribution >= 4 is 65.2 Å². The summed E-state index contributed by atoms with van der Waals surface area (Å²) in [6.07, 6.45) is 0.0998. The van der Waals surface area contributed by atoms with E-state index < -0.39 is 126 Å². The molecule has 8 amide bonds. The number of carboxylic acid groups (broad SMARTS) is 2. The smallest absolute Gasteiger partial charge is 0.326 e. The number of hydrogen-bond donors (Lipinski definition) is 13. The number of nitrogens with one attached hydrogen (secondary N) is 8. The molecule has 9 atom stereocenters. The van der Waals surface area contributed by atoms with E-state index in [4.69, 9.17) is 17.2 Å². The summed E-state index contributed by atoms with van der Waals surface area (Å²) < 4.78 is 0. The zero-order valence-electron chi connectivity index (χ0n) is 41.5. The lowest BCUT2D eigenvalue weighted by atomic mass is 9.97. The van der Waals surface area contributed by atoms with Crippen LogP contribution in [-0.4, -0.2) is 137 Å². The van der Waals surface area contributed by atoms with Crippen molar-refractivity contribution in [3.05, 3.63) is 0 Å². The summed E-state index contributed by atoms with van der Waals surface area (Å²) in [6, 6.07) is -10.1. The Kier molecular flexibility index (Phi) is 28.3. The molecule has 24 nitrogen and oxygen atoms in total. The molecule has 0 heterocycles. The first-order chi connectivity index (χ1) is 31.5. The van der Waals surface area contributed by atoms with Crippen LogP contribution in [0.25, 0.3) is 0 Å². The summed E-state index contributed by atoms with van der Waals surface area (Å²) in [6.45, 7) is 18.3. The van der Waals surface area contributed by atoms with Crippen molar-refractivity contribution in [2.75, 3.05) is 13.1 Å². The molecule has 16 N–H and O–H groups in total. The van der Waals surface area contributed by atoms with Crippen LogP contribution in [0.3, 0.4) is 0 Å². The molecule has 0 aliphatic rings. The van der Waals surface area contributed by atoms with Gasteiger partial charge < -0.3 is 69.9 Å². The Labute approximate surface area is 399 Å². The Morgan fingerprint density at radius 3 is 1.41 bits per heavy atom. The molecule has 0 fully saturated rings. The number of aliphatic carboxylic acids is 2. The second kappa shape index (κ2) is 31.1. The van der Waals surface area contributed by atoms with Crippen LogP contribution in [0.4, 0.5) is 0 Å². The molecular formula is C44H80N12O12. The second-order valence-electron chi connectivity index (χ2n) is 18.7. The minimum Gasteiger partial charge on any atom is -0.481 e. The molecular weight excluding hydrogens is 889 g/mol. The van der Waals surface area contributed by atoms with Crippen molar-refractivity contribution in [1.29, 1.82) is 0 Å². The van der Waals surface area contributed by atoms with Crippen molar-refractivity contribution in [3.63, 3.8) is 0 Å². The number of aliphatic imine (C=N–C) groups is 1. The summed E-state index contributed by atoms with van der Waals surface area (Å²) in [5.74, 6) is -10.5. The van der Waals surface area contributed by atoms with Gasteiger partial charge in [0.05, 0.1) is 19.0 Å². The van der Waals surface area contributed by atoms with Crippen LogP contribution in [0.15, 0.2) is 4.99 Å². The van der Waals surface area contributed by atoms with E-state index in [-0.39, 0.29) is 68.3 Å². The third-order valence-corrected chi connectivity index (χ3v) is 10.6. The van der Waals surface area contributed by atoms with Gasteiger partial charge in [0.2, 0.25) is 47.3 Å². The fraction of sp³-hybridized carbons (Fsp3) is 0.750. The number of nitrogens with two attached hydrogens (primary N) is 3. The molecule has 388 valence electrons. The van der Waals surface area contributed by atoms with Gasteiger partial charge in [0.15, 0.2) is 5.96 Å². The number of carbonyl (C=O) groups excluding carboxylic acids is 8. The molecule has 0 spiro atoms. The van der Waals surface area contributed by atoms with Gasteiger partial charge in [0, 0.05) is 6.54 Å². The van der Waals surface area contributed by atoms with Gasteiger partial charge in [0.25, 0.3) is 0 Å². The Bertz CT molecular complexity index is 1750. The van der Waals surface area contributed by atoms with Crippen LogP contribution < -0.4 is 59.7 Å². The molecule has 0 aliphatic carbocycles. The van der Waals surface area contributed by atoms with Crippen LogP contribution in [-0.2, 0) is 47.9 Å². The maximum absolute atomic E-state index is 14.0. The highest BCUT2D eigenvalue weighted by molar-refractivity contribution is 5.98. The fourth-order valence-corrected chi connectivity index (χ4v) is 6.58. The lowest BCUT2D eigenvalue weighted by Crippen LogP contribution is -2.60. The molecule has 0 unspecified atom stereocenters. The van der Waals surface area contributed by atoms with E-state index in [0.29, 0.717) is 6.42 Å². The van der Waals surface area contributed by atoms with Gasteiger partial charge in [-0.05, 0) is 68.6 Å². The van der Waals surface area contributed by atoms with Crippen LogP contribution in [0, 0.1) is 29.6 Å². The highest BCUT2D eigenvalue weighted by atomic mass is 16.4. The molecule has 0 rings (SSSR count). The van der Waals surface area contributed by atoms with Gasteiger partial charge in [-0.2, -0.15) is 0 Å². The van der Waals surface area contributed by atoms with Gasteiger partial charge in [-0.15, -0.1) is 0 Å². The third-order valence-electron chi connectivity index (χ3n) is 10.6. The Morgan fingerprint density at radius 2 is 0.971 bits per heavy atom. The number of hydrogen-bond acceptors (Lipinski definition) is 12. The van der Waals surface area contributed by atoms with E-state index in [2.05, 4.69) is 47.5 Å². The molecule has 24 heteroatoms. The van der Waals surface area contributed by atoms with E-state index in [1.807, 2.05) is 27.7 Å². The fourth-order valence-electron chi connectivity index (χ4n) is 6.58. The van der Waals surface area contributed by atoms with Crippen LogP contribution in [0.5, 0.6) is 0 Å². The second-order valence-corrected chi connectivity index (χ2v) is 18.7. The lowest BCUT2D eigenvalue weighted by Gasteiger charge is -2.28. The van der Waals surface area contributed by atoms with Gasteiger partial charge >= 0.3 is 11.9 Å². The largest absolute Gasteiger partial charge is 0.481 e. The summed E-state index contributed by atoms with van der Waals surface area (Å²) in [5, 5.41) is 39.0. The van der Waals surface area contributed by atoms with Crippen molar-refractivity contribution in [3.8, 4) is 0 Å². The minimum atomic E-state index is -1.79. The standard InChI is InChI=1S/C44H80N12O12/c1-12-25(10)34(45)42(66)55-30(18-23(6)7)40(64)53-29(17-22(4)5)39(63)52-27(14-13-15-48-44(46)47)37(61)54-31(19-33(58)59)38(62)50-26(11)36(60)49-20-32(57)51-28(16-21(2)3)41(65)56-35(24(8)9)43(67)68/h21-31,34-35H,12-20,45H2,1-11H3,(H,49,60)(H,50,62)(H,51,57)(H,52,63)(H,53,64)(H,54,61)(H,55,66)(H,56,65)(H,58,59)(H,67,68)(H4,46,47,48)/t25-,26-,27-,28-,29-,30-,31-,34-,35-/m0/s1. The predicted molar refractivity (Wildman–Crippen MR) is 253 cm³/mol. The molecule has 0 aromatic carbocycles. The lowest BCUT2D eigenvalue weighted by molar-refractivity contribution is -0.143. The quantitative estimate of drug-likeness (QED) is 0.0203. The summed E-state index contributed by atoms with van der Waals surface area (Å²) in [4.78, 5) is 134. The van der Waals surface area contributed by atoms with E-state index in [1.165, 1.54) is 6.92 Å². The number of carboxylic acids is 2. The molecule has 0 radical (unpaired) electrons. The first-order valence-electron chi connectivity index (χ1n) is 23.2. The summed E-state index contributed by atoms with van der Waals surface area (Å²) >= 11 is 0. The minimum absolute atomic E-state index is 0.0160. The normalized spacial score (nSPS) is 15.2. The summed E-state index contributed by atoms with van der Waals surface area (Å²) in [7, 11) is 0. The van der Waals surface area contributed by atoms with Crippen molar-refractivity contribution in [2.24, 2.45) is 51.8 Å². The van der Waals surface area contributed by atoms with Crippen molar-refractivity contribution < 1.29 is 58.2 Å².